The number of carbonyl (C=O) groups excluding carboxylic acids is 2. The van der Waals surface area contributed by atoms with Crippen molar-refractivity contribution in [1.82, 2.24) is 10.2 Å². The van der Waals surface area contributed by atoms with Crippen molar-refractivity contribution in [2.45, 2.75) is 13.0 Å². The van der Waals surface area contributed by atoms with Gasteiger partial charge in [-0.15, -0.1) is 0 Å². The molecule has 2 N–H and O–H groups in total. The third kappa shape index (κ3) is 6.57. The Bertz CT molecular complexity index is 704. The van der Waals surface area contributed by atoms with E-state index in [1.807, 2.05) is 37.3 Å². The van der Waals surface area contributed by atoms with Crippen LogP contribution in [0.15, 0.2) is 54.6 Å². The summed E-state index contributed by atoms with van der Waals surface area (Å²) in [6.45, 7) is 2.20. The number of nitrogens with zero attached hydrogens (tertiary/aromatic N) is 1. The summed E-state index contributed by atoms with van der Waals surface area (Å²) in [5.74, 6) is -0.313. The number of nitrogens with one attached hydrogen (secondary N) is 2. The van der Waals surface area contributed by atoms with E-state index in [2.05, 4.69) is 10.6 Å². The Morgan fingerprint density at radius 2 is 1.60 bits per heavy atom. The highest BCUT2D eigenvalue weighted by molar-refractivity contribution is 6.30. The van der Waals surface area contributed by atoms with Crippen molar-refractivity contribution in [2.75, 3.05) is 25.5 Å². The molecule has 0 spiro atoms. The summed E-state index contributed by atoms with van der Waals surface area (Å²) in [5, 5.41) is 6.31. The summed E-state index contributed by atoms with van der Waals surface area (Å²) in [6.07, 6.45) is 0. The highest BCUT2D eigenvalue weighted by atomic mass is 35.5. The zero-order valence-electron chi connectivity index (χ0n) is 14.3. The predicted molar refractivity (Wildman–Crippen MR) is 101 cm³/mol. The molecule has 1 atom stereocenters. The van der Waals surface area contributed by atoms with Crippen molar-refractivity contribution in [3.8, 4) is 0 Å². The molecule has 0 bridgehead atoms. The zero-order chi connectivity index (χ0) is 18.2. The molecule has 0 fully saturated rings. The van der Waals surface area contributed by atoms with Crippen molar-refractivity contribution in [3.63, 3.8) is 0 Å². The Hall–Kier alpha value is -2.37. The number of rotatable bonds is 7. The van der Waals surface area contributed by atoms with Gasteiger partial charge in [-0.2, -0.15) is 0 Å². The summed E-state index contributed by atoms with van der Waals surface area (Å²) in [4.78, 5) is 25.8. The molecule has 6 heteroatoms. The van der Waals surface area contributed by atoms with E-state index in [1.54, 1.807) is 36.2 Å². The van der Waals surface area contributed by atoms with Gasteiger partial charge in [0.2, 0.25) is 11.8 Å². The number of halogens is 1. The summed E-state index contributed by atoms with van der Waals surface area (Å²) in [6, 6.07) is 16.5. The lowest BCUT2D eigenvalue weighted by atomic mass is 10.1. The van der Waals surface area contributed by atoms with E-state index in [-0.39, 0.29) is 30.9 Å². The van der Waals surface area contributed by atoms with E-state index in [1.165, 1.54) is 0 Å². The minimum absolute atomic E-state index is 0.0787. The first kappa shape index (κ1) is 19.0. The minimum atomic E-state index is -0.186. The molecule has 0 heterocycles. The number of amides is 2. The summed E-state index contributed by atoms with van der Waals surface area (Å²) in [7, 11) is 1.73. The number of likely N-dealkylation sites (N-methyl/N-ethyl adjacent to an activating group) is 1. The average Bonchev–Trinajstić information content (AvgIpc) is 2.57. The van der Waals surface area contributed by atoms with Crippen LogP contribution in [0.4, 0.5) is 5.69 Å². The molecule has 2 rings (SSSR count). The van der Waals surface area contributed by atoms with Crippen LogP contribution in [0.2, 0.25) is 5.02 Å². The van der Waals surface area contributed by atoms with E-state index in [0.29, 0.717) is 10.7 Å². The lowest BCUT2D eigenvalue weighted by Crippen LogP contribution is -2.39. The van der Waals surface area contributed by atoms with Gasteiger partial charge < -0.3 is 10.6 Å². The lowest BCUT2D eigenvalue weighted by molar-refractivity contribution is -0.123. The molecule has 2 aromatic carbocycles. The molecule has 0 radical (unpaired) electrons. The van der Waals surface area contributed by atoms with Gasteiger partial charge in [0.25, 0.3) is 0 Å². The molecular formula is C19H22ClN3O2. The first-order chi connectivity index (χ1) is 11.9. The largest absolute Gasteiger partial charge is 0.348 e. The van der Waals surface area contributed by atoms with Crippen LogP contribution in [0.5, 0.6) is 0 Å². The third-order valence-corrected chi connectivity index (χ3v) is 3.88. The molecule has 0 aliphatic heterocycles. The minimum Gasteiger partial charge on any atom is -0.348 e. The van der Waals surface area contributed by atoms with Crippen LogP contribution in [0.3, 0.4) is 0 Å². The molecule has 2 amide bonds. The summed E-state index contributed by atoms with van der Waals surface area (Å²) < 4.78 is 0. The van der Waals surface area contributed by atoms with E-state index < -0.39 is 0 Å². The van der Waals surface area contributed by atoms with Gasteiger partial charge in [0.1, 0.15) is 0 Å². The summed E-state index contributed by atoms with van der Waals surface area (Å²) >= 11 is 5.81. The molecule has 0 saturated heterocycles. The fourth-order valence-corrected chi connectivity index (χ4v) is 2.52. The van der Waals surface area contributed by atoms with Crippen LogP contribution in [-0.2, 0) is 9.59 Å². The molecule has 2 aromatic rings. The second-order valence-corrected chi connectivity index (χ2v) is 6.36. The average molecular weight is 360 g/mol. The van der Waals surface area contributed by atoms with E-state index in [9.17, 15) is 9.59 Å². The van der Waals surface area contributed by atoms with Gasteiger partial charge in [-0.1, -0.05) is 41.9 Å². The Morgan fingerprint density at radius 3 is 2.24 bits per heavy atom. The van der Waals surface area contributed by atoms with Gasteiger partial charge in [0.15, 0.2) is 0 Å². The Morgan fingerprint density at radius 1 is 1.00 bits per heavy atom. The standard InChI is InChI=1S/C19H22ClN3O2/c1-14(15-6-4-3-5-7-15)21-18(24)12-23(2)13-19(25)22-17-10-8-16(20)9-11-17/h3-11,14H,12-13H2,1-2H3,(H,21,24)(H,22,25)/t14-/m1/s1. The molecule has 0 unspecified atom stereocenters. The number of benzene rings is 2. The Labute approximate surface area is 153 Å². The molecule has 0 saturated carbocycles. The molecule has 0 aliphatic rings. The maximum atomic E-state index is 12.1. The van der Waals surface area contributed by atoms with Gasteiger partial charge in [-0.05, 0) is 43.8 Å². The van der Waals surface area contributed by atoms with Crippen molar-refractivity contribution in [1.29, 1.82) is 0 Å². The molecule has 0 aliphatic carbocycles. The van der Waals surface area contributed by atoms with Crippen LogP contribution >= 0.6 is 11.6 Å². The number of anilines is 1. The van der Waals surface area contributed by atoms with Gasteiger partial charge in [-0.25, -0.2) is 0 Å². The van der Waals surface area contributed by atoms with Crippen molar-refractivity contribution in [2.24, 2.45) is 0 Å². The normalized spacial score (nSPS) is 11.8. The van der Waals surface area contributed by atoms with E-state index in [0.717, 1.165) is 5.56 Å². The maximum Gasteiger partial charge on any atom is 0.238 e. The van der Waals surface area contributed by atoms with Crippen molar-refractivity contribution in [3.05, 3.63) is 65.2 Å². The number of carbonyl (C=O) groups is 2. The van der Waals surface area contributed by atoms with Crippen LogP contribution in [0.1, 0.15) is 18.5 Å². The van der Waals surface area contributed by atoms with Crippen LogP contribution in [-0.4, -0.2) is 36.9 Å². The fourth-order valence-electron chi connectivity index (χ4n) is 2.39. The first-order valence-corrected chi connectivity index (χ1v) is 8.40. The number of hydrogen-bond donors (Lipinski definition) is 2. The van der Waals surface area contributed by atoms with Gasteiger partial charge in [-0.3, -0.25) is 14.5 Å². The van der Waals surface area contributed by atoms with Crippen LogP contribution in [0, 0.1) is 0 Å². The highest BCUT2D eigenvalue weighted by Crippen LogP contribution is 2.13. The zero-order valence-corrected chi connectivity index (χ0v) is 15.1. The molecule has 132 valence electrons. The van der Waals surface area contributed by atoms with E-state index in [4.69, 9.17) is 11.6 Å². The molecule has 5 nitrogen and oxygen atoms in total. The fraction of sp³-hybridized carbons (Fsp3) is 0.263. The quantitative estimate of drug-likeness (QED) is 0.798. The van der Waals surface area contributed by atoms with Gasteiger partial charge >= 0.3 is 0 Å². The SMILES string of the molecule is C[C@@H](NC(=O)CN(C)CC(=O)Nc1ccc(Cl)cc1)c1ccccc1. The van der Waals surface area contributed by atoms with Crippen molar-refractivity contribution < 1.29 is 9.59 Å². The molecular weight excluding hydrogens is 338 g/mol. The maximum absolute atomic E-state index is 12.1. The number of hydrogen-bond acceptors (Lipinski definition) is 3. The van der Waals surface area contributed by atoms with E-state index >= 15 is 0 Å². The van der Waals surface area contributed by atoms with Gasteiger partial charge in [0.05, 0.1) is 19.1 Å². The monoisotopic (exact) mass is 359 g/mol. The first-order valence-electron chi connectivity index (χ1n) is 8.02. The third-order valence-electron chi connectivity index (χ3n) is 3.63. The van der Waals surface area contributed by atoms with Crippen LogP contribution < -0.4 is 10.6 Å². The molecule has 0 aromatic heterocycles. The highest BCUT2D eigenvalue weighted by Gasteiger charge is 2.13. The predicted octanol–water partition coefficient (Wildman–Crippen LogP) is 3.09. The summed E-state index contributed by atoms with van der Waals surface area (Å²) in [5.41, 5.74) is 1.71. The molecule has 25 heavy (non-hydrogen) atoms. The Kier molecular flexibility index (Phi) is 6.98. The second kappa shape index (κ2) is 9.20. The smallest absolute Gasteiger partial charge is 0.238 e. The van der Waals surface area contributed by atoms with Crippen molar-refractivity contribution >= 4 is 29.1 Å². The Balaban J connectivity index is 1.76. The lowest BCUT2D eigenvalue weighted by Gasteiger charge is -2.19. The second-order valence-electron chi connectivity index (χ2n) is 5.93. The van der Waals surface area contributed by atoms with Gasteiger partial charge in [0, 0.05) is 10.7 Å². The topological polar surface area (TPSA) is 61.4 Å². The van der Waals surface area contributed by atoms with Crippen LogP contribution in [0.25, 0.3) is 0 Å².